The normalized spacial score (nSPS) is 19.1. The summed E-state index contributed by atoms with van der Waals surface area (Å²) in [6.45, 7) is 1.64. The average molecular weight is 427 g/mol. The quantitative estimate of drug-likeness (QED) is 0.745. The molecule has 1 aliphatic carbocycles. The predicted octanol–water partition coefficient (Wildman–Crippen LogP) is 4.71. The van der Waals surface area contributed by atoms with Crippen molar-refractivity contribution >= 4 is 17.4 Å². The van der Waals surface area contributed by atoms with E-state index in [1.54, 1.807) is 25.3 Å². The lowest BCUT2D eigenvalue weighted by atomic mass is 9.73. The molecule has 1 atom stereocenters. The van der Waals surface area contributed by atoms with Gasteiger partial charge in [-0.25, -0.2) is 0 Å². The van der Waals surface area contributed by atoms with E-state index < -0.39 is 23.6 Å². The smallest absolute Gasteiger partial charge is 0.362 e. The van der Waals surface area contributed by atoms with Crippen molar-refractivity contribution in [1.29, 1.82) is 0 Å². The number of nitrogens with one attached hydrogen (secondary N) is 2. The minimum Gasteiger partial charge on any atom is -0.362 e. The molecule has 0 fully saturated rings. The fourth-order valence-corrected chi connectivity index (χ4v) is 4.24. The maximum atomic E-state index is 13.9. The number of hydrogen-bond acceptors (Lipinski definition) is 4. The van der Waals surface area contributed by atoms with E-state index >= 15 is 0 Å². The Morgan fingerprint density at radius 3 is 2.65 bits per heavy atom. The number of ketones is 1. The van der Waals surface area contributed by atoms with E-state index in [0.717, 1.165) is 6.07 Å². The molecule has 160 valence electrons. The third kappa shape index (κ3) is 3.97. The van der Waals surface area contributed by atoms with E-state index in [2.05, 4.69) is 15.6 Å². The molecular weight excluding hydrogens is 407 g/mol. The highest BCUT2D eigenvalue weighted by molar-refractivity contribution is 6.09. The van der Waals surface area contributed by atoms with Crippen molar-refractivity contribution in [2.24, 2.45) is 0 Å². The minimum atomic E-state index is -4.63. The van der Waals surface area contributed by atoms with Crippen molar-refractivity contribution in [3.05, 3.63) is 82.5 Å². The Hall–Kier alpha value is -3.42. The maximum Gasteiger partial charge on any atom is 0.416 e. The summed E-state index contributed by atoms with van der Waals surface area (Å²) in [5, 5.41) is 5.80. The first-order valence-electron chi connectivity index (χ1n) is 9.89. The number of alkyl halides is 3. The van der Waals surface area contributed by atoms with E-state index in [1.165, 1.54) is 24.4 Å². The van der Waals surface area contributed by atoms with Gasteiger partial charge in [0, 0.05) is 41.1 Å². The molecule has 1 amide bonds. The summed E-state index contributed by atoms with van der Waals surface area (Å²) in [6, 6.07) is 8.39. The molecule has 2 aromatic rings. The number of carbonyl (C=O) groups excluding carboxylic acids is 2. The van der Waals surface area contributed by atoms with Crippen molar-refractivity contribution in [3.8, 4) is 0 Å². The molecule has 4 rings (SSSR count). The van der Waals surface area contributed by atoms with Gasteiger partial charge in [0.15, 0.2) is 5.78 Å². The zero-order chi connectivity index (χ0) is 22.2. The lowest BCUT2D eigenvalue weighted by molar-refractivity contribution is -0.138. The van der Waals surface area contributed by atoms with Gasteiger partial charge in [-0.3, -0.25) is 14.6 Å². The van der Waals surface area contributed by atoms with Crippen LogP contribution in [0.15, 0.2) is 71.3 Å². The summed E-state index contributed by atoms with van der Waals surface area (Å²) in [7, 11) is 0. The predicted molar refractivity (Wildman–Crippen MR) is 109 cm³/mol. The molecule has 31 heavy (non-hydrogen) atoms. The van der Waals surface area contributed by atoms with Gasteiger partial charge < -0.3 is 10.6 Å². The monoisotopic (exact) mass is 427 g/mol. The van der Waals surface area contributed by atoms with Crippen molar-refractivity contribution < 1.29 is 22.8 Å². The number of rotatable bonds is 3. The number of carbonyl (C=O) groups is 2. The maximum absolute atomic E-state index is 13.9. The number of nitrogens with zero attached hydrogens (tertiary/aromatic N) is 1. The molecule has 0 unspecified atom stereocenters. The van der Waals surface area contributed by atoms with Gasteiger partial charge in [-0.2, -0.15) is 13.2 Å². The number of amides is 1. The van der Waals surface area contributed by atoms with Gasteiger partial charge in [0.05, 0.1) is 17.4 Å². The molecule has 5 nitrogen and oxygen atoms in total. The fraction of sp³-hybridized carbons (Fsp3) is 0.261. The first-order valence-corrected chi connectivity index (χ1v) is 9.89. The molecule has 0 spiro atoms. The van der Waals surface area contributed by atoms with Crippen LogP contribution in [0.5, 0.6) is 0 Å². The van der Waals surface area contributed by atoms with Gasteiger partial charge in [-0.1, -0.05) is 18.2 Å². The SMILES string of the molecule is CC1=C(C(=O)Nc2cccnc2)[C@@H](c2ccccc2C(F)(F)F)C2=C(CCCC2=O)N1. The van der Waals surface area contributed by atoms with Gasteiger partial charge in [0.1, 0.15) is 0 Å². The second-order valence-corrected chi connectivity index (χ2v) is 7.55. The lowest BCUT2D eigenvalue weighted by Gasteiger charge is -2.35. The minimum absolute atomic E-state index is 0.0922. The van der Waals surface area contributed by atoms with Crippen LogP contribution in [-0.2, 0) is 15.8 Å². The van der Waals surface area contributed by atoms with Gasteiger partial charge in [-0.05, 0) is 43.5 Å². The number of hydrogen-bond donors (Lipinski definition) is 2. The van der Waals surface area contributed by atoms with Crippen LogP contribution < -0.4 is 10.6 Å². The number of allylic oxidation sites excluding steroid dienone is 3. The third-order valence-electron chi connectivity index (χ3n) is 5.52. The van der Waals surface area contributed by atoms with Crippen LogP contribution in [0.2, 0.25) is 0 Å². The first kappa shape index (κ1) is 20.8. The first-order chi connectivity index (χ1) is 14.8. The summed E-state index contributed by atoms with van der Waals surface area (Å²) in [5.41, 5.74) is 0.803. The van der Waals surface area contributed by atoms with E-state index in [9.17, 15) is 22.8 Å². The summed E-state index contributed by atoms with van der Waals surface area (Å²) >= 11 is 0. The number of halogens is 3. The van der Waals surface area contributed by atoms with Gasteiger partial charge >= 0.3 is 6.18 Å². The van der Waals surface area contributed by atoms with Crippen LogP contribution in [0.25, 0.3) is 0 Å². The lowest BCUT2D eigenvalue weighted by Crippen LogP contribution is -2.36. The van der Waals surface area contributed by atoms with Crippen molar-refractivity contribution in [3.63, 3.8) is 0 Å². The van der Waals surface area contributed by atoms with Crippen molar-refractivity contribution in [2.45, 2.75) is 38.3 Å². The Labute approximate surface area is 177 Å². The molecule has 8 heteroatoms. The Morgan fingerprint density at radius 2 is 1.94 bits per heavy atom. The van der Waals surface area contributed by atoms with Crippen LogP contribution in [0.1, 0.15) is 43.2 Å². The zero-order valence-corrected chi connectivity index (χ0v) is 16.7. The average Bonchev–Trinajstić information content (AvgIpc) is 2.73. The number of Topliss-reactive ketones (excluding diaryl/α,β-unsaturated/α-hetero) is 1. The molecule has 1 aliphatic heterocycles. The zero-order valence-electron chi connectivity index (χ0n) is 16.7. The molecule has 1 aromatic heterocycles. The van der Waals surface area contributed by atoms with Crippen molar-refractivity contribution in [1.82, 2.24) is 10.3 Å². The Morgan fingerprint density at radius 1 is 1.16 bits per heavy atom. The van der Waals surface area contributed by atoms with Crippen LogP contribution >= 0.6 is 0 Å². The highest BCUT2D eigenvalue weighted by Crippen LogP contribution is 2.46. The summed E-state index contributed by atoms with van der Waals surface area (Å²) in [4.78, 5) is 30.1. The topological polar surface area (TPSA) is 71.1 Å². The van der Waals surface area contributed by atoms with Crippen LogP contribution in [0, 0.1) is 0 Å². The van der Waals surface area contributed by atoms with E-state index in [4.69, 9.17) is 0 Å². The Balaban J connectivity index is 1.88. The summed E-state index contributed by atoms with van der Waals surface area (Å²) in [6.07, 6.45) is -0.244. The van der Waals surface area contributed by atoms with Gasteiger partial charge in [0.25, 0.3) is 5.91 Å². The van der Waals surface area contributed by atoms with E-state index in [0.29, 0.717) is 29.9 Å². The molecule has 0 saturated carbocycles. The number of pyridine rings is 1. The van der Waals surface area contributed by atoms with Gasteiger partial charge in [-0.15, -0.1) is 0 Å². The summed E-state index contributed by atoms with van der Waals surface area (Å²) < 4.78 is 41.6. The molecule has 0 radical (unpaired) electrons. The number of anilines is 1. The van der Waals surface area contributed by atoms with Gasteiger partial charge in [0.2, 0.25) is 0 Å². The summed E-state index contributed by atoms with van der Waals surface area (Å²) in [5.74, 6) is -1.93. The van der Waals surface area contributed by atoms with Crippen molar-refractivity contribution in [2.75, 3.05) is 5.32 Å². The standard InChI is InChI=1S/C23H20F3N3O2/c1-13-19(22(31)29-14-6-5-11-27-12-14)20(21-17(28-13)9-4-10-18(21)30)15-7-2-3-8-16(15)23(24,25)26/h2-3,5-8,11-12,20,28H,4,9-10H2,1H3,(H,29,31)/t20-/m1/s1. The highest BCUT2D eigenvalue weighted by Gasteiger charge is 2.43. The second-order valence-electron chi connectivity index (χ2n) is 7.55. The Kier molecular flexibility index (Phi) is 5.39. The molecule has 1 aromatic carbocycles. The van der Waals surface area contributed by atoms with Crippen LogP contribution in [0.3, 0.4) is 0 Å². The fourth-order valence-electron chi connectivity index (χ4n) is 4.24. The number of aromatic nitrogens is 1. The number of dihydropyridines is 1. The Bertz CT molecular complexity index is 1100. The molecule has 2 heterocycles. The number of benzene rings is 1. The third-order valence-corrected chi connectivity index (χ3v) is 5.52. The second kappa shape index (κ2) is 8.02. The molecule has 0 bridgehead atoms. The molecule has 2 aliphatic rings. The van der Waals surface area contributed by atoms with E-state index in [-0.39, 0.29) is 28.9 Å². The largest absolute Gasteiger partial charge is 0.416 e. The molecule has 0 saturated heterocycles. The van der Waals surface area contributed by atoms with E-state index in [1.807, 2.05) is 0 Å². The van der Waals surface area contributed by atoms with Crippen LogP contribution in [0.4, 0.5) is 18.9 Å². The highest BCUT2D eigenvalue weighted by atomic mass is 19.4. The van der Waals surface area contributed by atoms with Crippen LogP contribution in [-0.4, -0.2) is 16.7 Å². The molecule has 2 N–H and O–H groups in total. The molecular formula is C23H20F3N3O2.